The van der Waals surface area contributed by atoms with E-state index in [0.717, 1.165) is 13.0 Å². The van der Waals surface area contributed by atoms with E-state index in [0.29, 0.717) is 32.0 Å². The van der Waals surface area contributed by atoms with Gasteiger partial charge in [0.15, 0.2) is 5.96 Å². The van der Waals surface area contributed by atoms with Gasteiger partial charge < -0.3 is 20.9 Å². The molecule has 0 aromatic heterocycles. The number of carbonyl (C=O) groups excluding carboxylic acids is 2. The van der Waals surface area contributed by atoms with E-state index in [1.165, 1.54) is 0 Å². The first kappa shape index (κ1) is 19.3. The number of likely N-dealkylation sites (N-methyl/N-ethyl adjacent to an activating group) is 1. The number of nitrogens with zero attached hydrogens (tertiary/aromatic N) is 2. The third-order valence-electron chi connectivity index (χ3n) is 3.90. The van der Waals surface area contributed by atoms with Crippen molar-refractivity contribution < 1.29 is 9.59 Å². The minimum absolute atomic E-state index is 0.00240. The molecule has 0 aromatic carbocycles. The predicted molar refractivity (Wildman–Crippen MR) is 92.2 cm³/mol. The van der Waals surface area contributed by atoms with E-state index in [2.05, 4.69) is 20.9 Å². The van der Waals surface area contributed by atoms with E-state index >= 15 is 0 Å². The summed E-state index contributed by atoms with van der Waals surface area (Å²) >= 11 is 0. The zero-order chi connectivity index (χ0) is 17.5. The van der Waals surface area contributed by atoms with Gasteiger partial charge in [-0.2, -0.15) is 0 Å². The summed E-state index contributed by atoms with van der Waals surface area (Å²) in [6.07, 6.45) is 1.35. The van der Waals surface area contributed by atoms with Crippen molar-refractivity contribution in [3.8, 4) is 0 Å². The molecule has 0 saturated carbocycles. The lowest BCUT2D eigenvalue weighted by Crippen LogP contribution is -2.52. The van der Waals surface area contributed by atoms with Crippen LogP contribution in [0.5, 0.6) is 0 Å². The summed E-state index contributed by atoms with van der Waals surface area (Å²) in [5.41, 5.74) is -0.558. The van der Waals surface area contributed by atoms with Gasteiger partial charge in [0.25, 0.3) is 0 Å². The molecule has 7 heteroatoms. The van der Waals surface area contributed by atoms with Crippen LogP contribution < -0.4 is 16.0 Å². The SMILES string of the molecule is CCNC(=O)C(C)(C)CN=C(NCC)NC1CCC(=O)N(C)C1. The minimum atomic E-state index is -0.558. The summed E-state index contributed by atoms with van der Waals surface area (Å²) in [4.78, 5) is 29.9. The number of hydrogen-bond acceptors (Lipinski definition) is 3. The maximum absolute atomic E-state index is 12.0. The van der Waals surface area contributed by atoms with Crippen LogP contribution in [0.25, 0.3) is 0 Å². The Morgan fingerprint density at radius 2 is 1.96 bits per heavy atom. The molecule has 2 amide bonds. The van der Waals surface area contributed by atoms with Crippen molar-refractivity contribution in [1.82, 2.24) is 20.9 Å². The normalized spacial score (nSPS) is 19.5. The van der Waals surface area contributed by atoms with Gasteiger partial charge in [-0.05, 0) is 34.1 Å². The van der Waals surface area contributed by atoms with Gasteiger partial charge in [-0.3, -0.25) is 14.6 Å². The molecule has 0 bridgehead atoms. The van der Waals surface area contributed by atoms with E-state index in [-0.39, 0.29) is 17.9 Å². The smallest absolute Gasteiger partial charge is 0.227 e. The van der Waals surface area contributed by atoms with E-state index < -0.39 is 5.41 Å². The molecule has 1 rings (SSSR count). The number of rotatable bonds is 6. The quantitative estimate of drug-likeness (QED) is 0.485. The van der Waals surface area contributed by atoms with E-state index in [4.69, 9.17) is 0 Å². The second-order valence-corrected chi connectivity index (χ2v) is 6.59. The van der Waals surface area contributed by atoms with Gasteiger partial charge in [0.1, 0.15) is 0 Å². The Bertz CT molecular complexity index is 448. The second-order valence-electron chi connectivity index (χ2n) is 6.59. The Morgan fingerprint density at radius 1 is 1.30 bits per heavy atom. The van der Waals surface area contributed by atoms with Gasteiger partial charge in [-0.1, -0.05) is 0 Å². The summed E-state index contributed by atoms with van der Waals surface area (Å²) in [6, 6.07) is 0.183. The molecule has 3 N–H and O–H groups in total. The first-order valence-electron chi connectivity index (χ1n) is 8.37. The van der Waals surface area contributed by atoms with Crippen LogP contribution in [-0.2, 0) is 9.59 Å². The molecule has 0 radical (unpaired) electrons. The highest BCUT2D eigenvalue weighted by atomic mass is 16.2. The summed E-state index contributed by atoms with van der Waals surface area (Å²) in [6.45, 7) is 10.1. The number of likely N-dealkylation sites (tertiary alicyclic amines) is 1. The lowest BCUT2D eigenvalue weighted by molar-refractivity contribution is -0.132. The first-order chi connectivity index (χ1) is 10.8. The fraction of sp³-hybridized carbons (Fsp3) is 0.812. The Kier molecular flexibility index (Phi) is 7.32. The van der Waals surface area contributed by atoms with Crippen molar-refractivity contribution in [2.45, 2.75) is 46.6 Å². The van der Waals surface area contributed by atoms with Gasteiger partial charge in [0.2, 0.25) is 11.8 Å². The highest BCUT2D eigenvalue weighted by Crippen LogP contribution is 2.15. The number of aliphatic imine (C=N–C) groups is 1. The second kappa shape index (κ2) is 8.74. The molecule has 1 heterocycles. The van der Waals surface area contributed by atoms with Crippen molar-refractivity contribution in [1.29, 1.82) is 0 Å². The van der Waals surface area contributed by atoms with Crippen molar-refractivity contribution in [3.63, 3.8) is 0 Å². The number of guanidine groups is 1. The number of hydrogen-bond donors (Lipinski definition) is 3. The number of amides is 2. The molecule has 1 unspecified atom stereocenters. The van der Waals surface area contributed by atoms with Crippen LogP contribution >= 0.6 is 0 Å². The highest BCUT2D eigenvalue weighted by molar-refractivity contribution is 5.84. The Labute approximate surface area is 139 Å². The molecule has 1 saturated heterocycles. The van der Waals surface area contributed by atoms with E-state index in [1.807, 2.05) is 34.7 Å². The van der Waals surface area contributed by atoms with Crippen LogP contribution in [0.2, 0.25) is 0 Å². The summed E-state index contributed by atoms with van der Waals surface area (Å²) in [7, 11) is 1.82. The van der Waals surface area contributed by atoms with Gasteiger partial charge in [-0.25, -0.2) is 0 Å². The molecule has 1 fully saturated rings. The number of nitrogens with one attached hydrogen (secondary N) is 3. The Morgan fingerprint density at radius 3 is 2.52 bits per heavy atom. The standard InChI is InChI=1S/C16H31N5O2/c1-6-17-14(23)16(3,4)11-19-15(18-7-2)20-12-8-9-13(22)21(5)10-12/h12H,6-11H2,1-5H3,(H,17,23)(H2,18,19,20). The van der Waals surface area contributed by atoms with Crippen molar-refractivity contribution in [3.05, 3.63) is 0 Å². The average Bonchev–Trinajstić information content (AvgIpc) is 2.49. The van der Waals surface area contributed by atoms with Crippen molar-refractivity contribution in [2.24, 2.45) is 10.4 Å². The maximum atomic E-state index is 12.0. The number of carbonyl (C=O) groups is 2. The van der Waals surface area contributed by atoms with Gasteiger partial charge >= 0.3 is 0 Å². The zero-order valence-corrected chi connectivity index (χ0v) is 15.0. The topological polar surface area (TPSA) is 85.8 Å². The first-order valence-corrected chi connectivity index (χ1v) is 8.37. The fourth-order valence-electron chi connectivity index (χ4n) is 2.39. The molecular formula is C16H31N5O2. The lowest BCUT2D eigenvalue weighted by Gasteiger charge is -2.31. The molecule has 1 aliphatic heterocycles. The summed E-state index contributed by atoms with van der Waals surface area (Å²) in [5.74, 6) is 0.877. The van der Waals surface area contributed by atoms with E-state index in [1.54, 1.807) is 4.90 Å². The monoisotopic (exact) mass is 325 g/mol. The van der Waals surface area contributed by atoms with Crippen LogP contribution in [0.3, 0.4) is 0 Å². The lowest BCUT2D eigenvalue weighted by atomic mass is 9.92. The largest absolute Gasteiger partial charge is 0.357 e. The molecule has 0 spiro atoms. The number of piperidine rings is 1. The molecule has 0 aromatic rings. The minimum Gasteiger partial charge on any atom is -0.357 e. The van der Waals surface area contributed by atoms with Crippen LogP contribution in [0.4, 0.5) is 0 Å². The van der Waals surface area contributed by atoms with Crippen LogP contribution in [0.15, 0.2) is 4.99 Å². The predicted octanol–water partition coefficient (Wildman–Crippen LogP) is 0.325. The van der Waals surface area contributed by atoms with E-state index in [9.17, 15) is 9.59 Å². The van der Waals surface area contributed by atoms with Gasteiger partial charge in [-0.15, -0.1) is 0 Å². The third-order valence-corrected chi connectivity index (χ3v) is 3.90. The van der Waals surface area contributed by atoms with Crippen molar-refractivity contribution >= 4 is 17.8 Å². The molecule has 0 aliphatic carbocycles. The summed E-state index contributed by atoms with van der Waals surface area (Å²) < 4.78 is 0. The maximum Gasteiger partial charge on any atom is 0.227 e. The zero-order valence-electron chi connectivity index (χ0n) is 15.0. The van der Waals surface area contributed by atoms with Crippen LogP contribution in [0.1, 0.15) is 40.5 Å². The van der Waals surface area contributed by atoms with Gasteiger partial charge in [0, 0.05) is 39.1 Å². The molecular weight excluding hydrogens is 294 g/mol. The van der Waals surface area contributed by atoms with Gasteiger partial charge in [0.05, 0.1) is 12.0 Å². The Hall–Kier alpha value is -1.79. The third kappa shape index (κ3) is 6.08. The highest BCUT2D eigenvalue weighted by Gasteiger charge is 2.27. The van der Waals surface area contributed by atoms with Crippen LogP contribution in [0, 0.1) is 5.41 Å². The fourth-order valence-corrected chi connectivity index (χ4v) is 2.39. The Balaban J connectivity index is 2.66. The average molecular weight is 325 g/mol. The van der Waals surface area contributed by atoms with Crippen molar-refractivity contribution in [2.75, 3.05) is 33.2 Å². The molecule has 23 heavy (non-hydrogen) atoms. The summed E-state index contributed by atoms with van der Waals surface area (Å²) in [5, 5.41) is 9.41. The van der Waals surface area contributed by atoms with Crippen LogP contribution in [-0.4, -0.2) is 61.9 Å². The molecule has 1 atom stereocenters. The molecule has 1 aliphatic rings. The molecule has 132 valence electrons. The molecule has 7 nitrogen and oxygen atoms in total.